The van der Waals surface area contributed by atoms with Crippen LogP contribution < -0.4 is 20.5 Å². The summed E-state index contributed by atoms with van der Waals surface area (Å²) in [4.78, 5) is 27.4. The van der Waals surface area contributed by atoms with Crippen LogP contribution in [-0.2, 0) is 4.79 Å². The second-order valence-corrected chi connectivity index (χ2v) is 6.17. The molecule has 0 bridgehead atoms. The molecule has 1 aliphatic rings. The Labute approximate surface area is 151 Å². The minimum atomic E-state index is -0.560. The third kappa shape index (κ3) is 3.46. The summed E-state index contributed by atoms with van der Waals surface area (Å²) in [6.45, 7) is 4.17. The number of rotatable bonds is 7. The van der Waals surface area contributed by atoms with E-state index < -0.39 is 5.91 Å². The normalized spacial score (nSPS) is 19.2. The van der Waals surface area contributed by atoms with Gasteiger partial charge in [-0.3, -0.25) is 9.59 Å². The van der Waals surface area contributed by atoms with Crippen molar-refractivity contribution >= 4 is 22.6 Å². The van der Waals surface area contributed by atoms with Gasteiger partial charge in [0.1, 0.15) is 5.75 Å². The van der Waals surface area contributed by atoms with Crippen molar-refractivity contribution in [1.29, 1.82) is 0 Å². The number of ether oxygens (including phenoxy) is 2. The zero-order valence-electron chi connectivity index (χ0n) is 14.5. The number of nitrogens with zero attached hydrogens (tertiary/aromatic N) is 1. The number of fused-ring (bicyclic) bond motifs is 1. The number of benzene rings is 1. The predicted molar refractivity (Wildman–Crippen MR) is 97.2 cm³/mol. The highest BCUT2D eigenvalue weighted by Crippen LogP contribution is 2.31. The molecule has 26 heavy (non-hydrogen) atoms. The fraction of sp³-hybridized carbons (Fsp3) is 0.316. The number of methoxy groups -OCH3 is 1. The van der Waals surface area contributed by atoms with Crippen LogP contribution in [0.15, 0.2) is 37.1 Å². The molecule has 7 nitrogen and oxygen atoms in total. The molecule has 1 aromatic heterocycles. The molecule has 2 heterocycles. The van der Waals surface area contributed by atoms with Crippen LogP contribution in [0, 0.1) is 5.92 Å². The van der Waals surface area contributed by atoms with E-state index in [4.69, 9.17) is 15.2 Å². The maximum atomic E-state index is 11.6. The topological polar surface area (TPSA) is 104 Å². The van der Waals surface area contributed by atoms with Crippen molar-refractivity contribution in [2.24, 2.45) is 11.7 Å². The summed E-state index contributed by atoms with van der Waals surface area (Å²) in [5.41, 5.74) is 5.70. The Morgan fingerprint density at radius 3 is 3.00 bits per heavy atom. The van der Waals surface area contributed by atoms with Gasteiger partial charge in [-0.05, 0) is 23.6 Å². The van der Waals surface area contributed by atoms with Gasteiger partial charge in [-0.2, -0.15) is 0 Å². The number of carbonyl (C=O) groups is 2. The summed E-state index contributed by atoms with van der Waals surface area (Å²) in [7, 11) is 1.47. The summed E-state index contributed by atoms with van der Waals surface area (Å²) >= 11 is 0. The zero-order valence-corrected chi connectivity index (χ0v) is 14.5. The van der Waals surface area contributed by atoms with Gasteiger partial charge in [0.05, 0.1) is 19.3 Å². The maximum Gasteiger partial charge on any atom is 0.252 e. The minimum absolute atomic E-state index is 0.0194. The number of aromatic nitrogens is 1. The number of primary amides is 1. The second-order valence-electron chi connectivity index (χ2n) is 6.17. The van der Waals surface area contributed by atoms with Crippen LogP contribution in [0.4, 0.5) is 0 Å². The van der Waals surface area contributed by atoms with Crippen LogP contribution in [0.5, 0.6) is 11.6 Å². The van der Waals surface area contributed by atoms with Crippen LogP contribution in [0.3, 0.4) is 0 Å². The molecule has 1 saturated heterocycles. The van der Waals surface area contributed by atoms with E-state index in [0.717, 1.165) is 10.8 Å². The number of hydrogen-bond donors (Lipinski definition) is 2. The lowest BCUT2D eigenvalue weighted by Gasteiger charge is -2.16. The summed E-state index contributed by atoms with van der Waals surface area (Å²) in [6, 6.07) is 5.15. The molecule has 2 amide bonds. The van der Waals surface area contributed by atoms with E-state index in [2.05, 4.69) is 16.9 Å². The molecule has 136 valence electrons. The van der Waals surface area contributed by atoms with Crippen LogP contribution >= 0.6 is 0 Å². The molecular formula is C19H21N3O4. The van der Waals surface area contributed by atoms with Crippen molar-refractivity contribution in [2.75, 3.05) is 13.7 Å². The molecule has 0 spiro atoms. The van der Waals surface area contributed by atoms with Gasteiger partial charge < -0.3 is 20.5 Å². The van der Waals surface area contributed by atoms with Crippen molar-refractivity contribution in [1.82, 2.24) is 10.3 Å². The molecule has 2 aromatic rings. The number of nitrogens with one attached hydrogen (secondary N) is 1. The van der Waals surface area contributed by atoms with Crippen LogP contribution in [0.1, 0.15) is 23.2 Å². The minimum Gasteiger partial charge on any atom is -0.496 e. The second kappa shape index (κ2) is 7.43. The lowest BCUT2D eigenvalue weighted by molar-refractivity contribution is -0.119. The number of nitrogens with two attached hydrogens (primary N) is 1. The largest absolute Gasteiger partial charge is 0.496 e. The van der Waals surface area contributed by atoms with Gasteiger partial charge in [0.25, 0.3) is 5.91 Å². The standard InChI is InChI=1S/C19H21N3O4/c1-3-11-9-17(23)22-15(11)5-7-26-19-13-10-16(25-2)14(18(20)24)8-12(13)4-6-21-19/h3-4,6,8,10-11,15H,1,5,7,9H2,2H3,(H2,20,24)(H,22,23)/t11-,15+/m0/s1. The van der Waals surface area contributed by atoms with Gasteiger partial charge >= 0.3 is 0 Å². The SMILES string of the molecule is C=C[C@H]1CC(=O)N[C@@H]1CCOc1nccc2cc(C(N)=O)c(OC)cc12. The van der Waals surface area contributed by atoms with E-state index in [1.807, 2.05) is 0 Å². The predicted octanol–water partition coefficient (Wildman–Crippen LogP) is 1.80. The highest BCUT2D eigenvalue weighted by atomic mass is 16.5. The summed E-state index contributed by atoms with van der Waals surface area (Å²) in [6.07, 6.45) is 4.53. The maximum absolute atomic E-state index is 11.6. The molecular weight excluding hydrogens is 334 g/mol. The lowest BCUT2D eigenvalue weighted by Crippen LogP contribution is -2.30. The molecule has 0 radical (unpaired) electrons. The van der Waals surface area contributed by atoms with E-state index in [0.29, 0.717) is 36.6 Å². The van der Waals surface area contributed by atoms with E-state index in [1.54, 1.807) is 30.5 Å². The molecule has 3 N–H and O–H groups in total. The molecule has 0 aliphatic carbocycles. The Hall–Kier alpha value is -3.09. The number of hydrogen-bond acceptors (Lipinski definition) is 5. The highest BCUT2D eigenvalue weighted by molar-refractivity contribution is 6.01. The molecule has 2 atom stereocenters. The van der Waals surface area contributed by atoms with E-state index in [9.17, 15) is 9.59 Å². The molecule has 1 fully saturated rings. The molecule has 3 rings (SSSR count). The lowest BCUT2D eigenvalue weighted by atomic mass is 9.99. The quantitative estimate of drug-likeness (QED) is 0.737. The Morgan fingerprint density at radius 2 is 2.31 bits per heavy atom. The fourth-order valence-corrected chi connectivity index (χ4v) is 3.20. The Morgan fingerprint density at radius 1 is 1.50 bits per heavy atom. The summed E-state index contributed by atoms with van der Waals surface area (Å²) < 4.78 is 11.1. The number of pyridine rings is 1. The van der Waals surface area contributed by atoms with Crippen molar-refractivity contribution in [3.8, 4) is 11.6 Å². The van der Waals surface area contributed by atoms with Crippen molar-refractivity contribution in [2.45, 2.75) is 18.9 Å². The molecule has 7 heteroatoms. The first-order chi connectivity index (χ1) is 12.5. The number of amides is 2. The average Bonchev–Trinajstić information content (AvgIpc) is 3.00. The first-order valence-electron chi connectivity index (χ1n) is 8.34. The fourth-order valence-electron chi connectivity index (χ4n) is 3.20. The Kier molecular flexibility index (Phi) is 5.06. The third-order valence-electron chi connectivity index (χ3n) is 4.57. The third-order valence-corrected chi connectivity index (χ3v) is 4.57. The molecule has 0 unspecified atom stereocenters. The number of carbonyl (C=O) groups excluding carboxylic acids is 2. The zero-order chi connectivity index (χ0) is 18.7. The smallest absolute Gasteiger partial charge is 0.252 e. The molecule has 1 aromatic carbocycles. The van der Waals surface area contributed by atoms with E-state index in [1.165, 1.54) is 7.11 Å². The first-order valence-corrected chi connectivity index (χ1v) is 8.34. The molecule has 0 saturated carbocycles. The van der Waals surface area contributed by atoms with Crippen LogP contribution in [-0.4, -0.2) is 36.6 Å². The van der Waals surface area contributed by atoms with E-state index >= 15 is 0 Å². The van der Waals surface area contributed by atoms with Gasteiger partial charge in [-0.1, -0.05) is 6.08 Å². The highest BCUT2D eigenvalue weighted by Gasteiger charge is 2.29. The van der Waals surface area contributed by atoms with Gasteiger partial charge in [0.2, 0.25) is 11.8 Å². The summed E-state index contributed by atoms with van der Waals surface area (Å²) in [5.74, 6) is 0.404. The Bertz CT molecular complexity index is 865. The first kappa shape index (κ1) is 17.7. The van der Waals surface area contributed by atoms with Crippen molar-refractivity contribution in [3.63, 3.8) is 0 Å². The molecule has 1 aliphatic heterocycles. The van der Waals surface area contributed by atoms with Gasteiger partial charge in [0.15, 0.2) is 0 Å². The van der Waals surface area contributed by atoms with Crippen molar-refractivity contribution < 1.29 is 19.1 Å². The van der Waals surface area contributed by atoms with Gasteiger partial charge in [-0.15, -0.1) is 6.58 Å². The average molecular weight is 355 g/mol. The van der Waals surface area contributed by atoms with Gasteiger partial charge in [0, 0.05) is 36.4 Å². The summed E-state index contributed by atoms with van der Waals surface area (Å²) in [5, 5.41) is 4.44. The van der Waals surface area contributed by atoms with Gasteiger partial charge in [-0.25, -0.2) is 4.98 Å². The Balaban J connectivity index is 1.79. The monoisotopic (exact) mass is 355 g/mol. The van der Waals surface area contributed by atoms with Crippen LogP contribution in [0.25, 0.3) is 10.8 Å². The van der Waals surface area contributed by atoms with Crippen molar-refractivity contribution in [3.05, 3.63) is 42.6 Å². The van der Waals surface area contributed by atoms with Crippen LogP contribution in [0.2, 0.25) is 0 Å². The van der Waals surface area contributed by atoms with E-state index in [-0.39, 0.29) is 17.9 Å².